The molecule has 5 rings (SSSR count). The minimum absolute atomic E-state index is 0.0627. The number of aliphatic hydroxyl groups excluding tert-OH is 1. The lowest BCUT2D eigenvalue weighted by atomic mass is 9.57. The Morgan fingerprint density at radius 1 is 1.22 bits per heavy atom. The maximum Gasteiger partial charge on any atom is 0.227 e. The van der Waals surface area contributed by atoms with Crippen LogP contribution in [0.2, 0.25) is 0 Å². The fourth-order valence-electron chi connectivity index (χ4n) is 5.49. The number of carbonyl (C=O) groups excluding carboxylic acids is 1. The molecule has 0 aromatic rings. The normalized spacial score (nSPS) is 52.3. The zero-order valence-electron chi connectivity index (χ0n) is 14.2. The van der Waals surface area contributed by atoms with Gasteiger partial charge in [-0.1, -0.05) is 13.8 Å². The van der Waals surface area contributed by atoms with Crippen molar-refractivity contribution in [3.63, 3.8) is 0 Å². The van der Waals surface area contributed by atoms with E-state index in [-0.39, 0.29) is 30.9 Å². The lowest BCUT2D eigenvalue weighted by Gasteiger charge is -2.61. The minimum atomic E-state index is -0.813. The summed E-state index contributed by atoms with van der Waals surface area (Å²) in [4.78, 5) is 26.4. The van der Waals surface area contributed by atoms with Crippen molar-refractivity contribution in [2.75, 3.05) is 13.2 Å². The first-order valence-electron chi connectivity index (χ1n) is 8.89. The largest absolute Gasteiger partial charge is 0.395 e. The molecule has 4 aliphatic heterocycles. The second-order valence-electron chi connectivity index (χ2n) is 7.97. The van der Waals surface area contributed by atoms with Gasteiger partial charge < -0.3 is 14.7 Å². The van der Waals surface area contributed by atoms with Crippen LogP contribution < -0.4 is 0 Å². The summed E-state index contributed by atoms with van der Waals surface area (Å²) in [6, 6.07) is 0. The molecule has 5 fully saturated rings. The number of β-amino-alcohol motifs (C(OH)–C–C–N with tert-alkyl or cyclic N) is 1. The molecule has 0 aromatic carbocycles. The molecule has 6 nitrogen and oxygen atoms in total. The Hall–Kier alpha value is -0.690. The number of piperidine rings is 1. The molecular formula is C17H27NO5. The molecule has 23 heavy (non-hydrogen) atoms. The minimum Gasteiger partial charge on any atom is -0.395 e. The molecule has 1 spiro atoms. The number of hydrogen-bond donors (Lipinski definition) is 1. The molecule has 7 atom stereocenters. The number of aliphatic hydroxyl groups is 1. The van der Waals surface area contributed by atoms with Crippen LogP contribution in [0, 0.1) is 23.7 Å². The monoisotopic (exact) mass is 325 g/mol. The summed E-state index contributed by atoms with van der Waals surface area (Å²) in [6.07, 6.45) is 3.36. The molecule has 130 valence electrons. The van der Waals surface area contributed by atoms with Crippen LogP contribution in [0.3, 0.4) is 0 Å². The average Bonchev–Trinajstić information content (AvgIpc) is 2.76. The van der Waals surface area contributed by atoms with Crippen molar-refractivity contribution in [2.24, 2.45) is 23.7 Å². The van der Waals surface area contributed by atoms with Crippen molar-refractivity contribution < 1.29 is 24.4 Å². The molecule has 4 heterocycles. The third kappa shape index (κ3) is 1.98. The number of nitrogens with zero attached hydrogens (tertiary/aromatic N) is 1. The summed E-state index contributed by atoms with van der Waals surface area (Å²) in [5.41, 5.74) is -0.601. The van der Waals surface area contributed by atoms with E-state index in [0.717, 1.165) is 25.7 Å². The number of carbonyl (C=O) groups is 1. The summed E-state index contributed by atoms with van der Waals surface area (Å²) in [5.74, 6) is 0.0469. The van der Waals surface area contributed by atoms with E-state index in [2.05, 4.69) is 6.92 Å². The first-order valence-corrected chi connectivity index (χ1v) is 8.89. The van der Waals surface area contributed by atoms with E-state index >= 15 is 0 Å². The summed E-state index contributed by atoms with van der Waals surface area (Å²) >= 11 is 0. The lowest BCUT2D eigenvalue weighted by Crippen LogP contribution is -2.75. The van der Waals surface area contributed by atoms with Crippen LogP contribution in [-0.2, 0) is 19.3 Å². The first kappa shape index (κ1) is 15.8. The number of rotatable bonds is 2. The quantitative estimate of drug-likeness (QED) is 0.782. The van der Waals surface area contributed by atoms with E-state index in [1.54, 1.807) is 4.90 Å². The Labute approximate surface area is 137 Å². The van der Waals surface area contributed by atoms with E-state index in [9.17, 15) is 9.90 Å². The van der Waals surface area contributed by atoms with Crippen LogP contribution in [0.5, 0.6) is 0 Å². The van der Waals surface area contributed by atoms with Crippen molar-refractivity contribution in [3.05, 3.63) is 0 Å². The fourth-order valence-corrected chi connectivity index (χ4v) is 5.49. The Kier molecular flexibility index (Phi) is 3.54. The molecule has 1 amide bonds. The van der Waals surface area contributed by atoms with Crippen LogP contribution in [0.4, 0.5) is 0 Å². The fraction of sp³-hybridized carbons (Fsp3) is 0.941. The number of amides is 1. The Morgan fingerprint density at radius 3 is 2.74 bits per heavy atom. The van der Waals surface area contributed by atoms with Crippen molar-refractivity contribution in [1.29, 1.82) is 0 Å². The molecule has 1 aliphatic carbocycles. The molecule has 5 aliphatic rings. The van der Waals surface area contributed by atoms with Gasteiger partial charge in [0.25, 0.3) is 0 Å². The van der Waals surface area contributed by atoms with Gasteiger partial charge in [-0.2, -0.15) is 0 Å². The molecule has 0 aromatic heterocycles. The molecule has 6 heteroatoms. The summed E-state index contributed by atoms with van der Waals surface area (Å²) < 4.78 is 6.31. The third-order valence-electron chi connectivity index (χ3n) is 6.70. The smallest absolute Gasteiger partial charge is 0.227 e. The zero-order valence-corrected chi connectivity index (χ0v) is 14.2. The topological polar surface area (TPSA) is 68.2 Å². The van der Waals surface area contributed by atoms with Gasteiger partial charge in [-0.05, 0) is 38.0 Å². The van der Waals surface area contributed by atoms with Gasteiger partial charge in [0.1, 0.15) is 0 Å². The number of ether oxygens (including phenoxy) is 1. The summed E-state index contributed by atoms with van der Waals surface area (Å²) in [5, 5.41) is 9.45. The molecule has 4 saturated heterocycles. The highest BCUT2D eigenvalue weighted by Crippen LogP contribution is 2.60. The maximum atomic E-state index is 12.9. The van der Waals surface area contributed by atoms with E-state index < -0.39 is 17.6 Å². The number of hydrogen-bond acceptors (Lipinski definition) is 5. The second-order valence-corrected chi connectivity index (χ2v) is 7.97. The van der Waals surface area contributed by atoms with Crippen LogP contribution >= 0.6 is 0 Å². The standard InChI is InChI=1S/C17H27NO5/c1-10-4-5-13-11(2)14(20)18(8-9-19)15-17(13)12(10)6-7-16(3,21-15)22-23-17/h10-13,15,19H,4-9H2,1-3H3. The van der Waals surface area contributed by atoms with Gasteiger partial charge in [0.2, 0.25) is 11.7 Å². The lowest BCUT2D eigenvalue weighted by molar-refractivity contribution is -0.547. The molecule has 7 unspecified atom stereocenters. The Balaban J connectivity index is 1.85. The van der Waals surface area contributed by atoms with E-state index in [4.69, 9.17) is 14.5 Å². The van der Waals surface area contributed by atoms with Crippen molar-refractivity contribution in [3.8, 4) is 0 Å². The van der Waals surface area contributed by atoms with E-state index in [0.29, 0.717) is 11.8 Å². The van der Waals surface area contributed by atoms with Gasteiger partial charge in [-0.15, -0.1) is 0 Å². The first-order chi connectivity index (χ1) is 10.9. The van der Waals surface area contributed by atoms with Crippen LogP contribution in [0.25, 0.3) is 0 Å². The van der Waals surface area contributed by atoms with Crippen LogP contribution in [-0.4, -0.2) is 46.7 Å². The summed E-state index contributed by atoms with van der Waals surface area (Å²) in [6.45, 7) is 6.35. The van der Waals surface area contributed by atoms with Crippen molar-refractivity contribution >= 4 is 5.91 Å². The third-order valence-corrected chi connectivity index (χ3v) is 6.70. The number of fused-ring (bicyclic) bond motifs is 2. The Morgan fingerprint density at radius 2 is 2.00 bits per heavy atom. The molecule has 1 saturated carbocycles. The second kappa shape index (κ2) is 5.15. The van der Waals surface area contributed by atoms with Gasteiger partial charge in [0.15, 0.2) is 11.8 Å². The van der Waals surface area contributed by atoms with Gasteiger partial charge in [0, 0.05) is 24.8 Å². The van der Waals surface area contributed by atoms with Gasteiger partial charge >= 0.3 is 0 Å². The van der Waals surface area contributed by atoms with Crippen LogP contribution in [0.1, 0.15) is 46.5 Å². The van der Waals surface area contributed by atoms with E-state index in [1.807, 2.05) is 13.8 Å². The predicted octanol–water partition coefficient (Wildman–Crippen LogP) is 1.67. The molecule has 2 bridgehead atoms. The summed E-state index contributed by atoms with van der Waals surface area (Å²) in [7, 11) is 0. The predicted molar refractivity (Wildman–Crippen MR) is 80.8 cm³/mol. The molecule has 1 N–H and O–H groups in total. The van der Waals surface area contributed by atoms with Gasteiger partial charge in [-0.25, -0.2) is 9.78 Å². The van der Waals surface area contributed by atoms with Crippen LogP contribution in [0.15, 0.2) is 0 Å². The zero-order chi connectivity index (χ0) is 16.4. The number of likely N-dealkylation sites (tertiary alicyclic amines) is 1. The highest BCUT2D eigenvalue weighted by atomic mass is 17.3. The van der Waals surface area contributed by atoms with Crippen molar-refractivity contribution in [2.45, 2.75) is 64.1 Å². The molecule has 0 radical (unpaired) electrons. The van der Waals surface area contributed by atoms with Gasteiger partial charge in [0.05, 0.1) is 6.61 Å². The SMILES string of the molecule is CC1CCC2C(C)C(=O)N(CCO)C3OC4(C)CCC1C23OO4. The van der Waals surface area contributed by atoms with Gasteiger partial charge in [-0.3, -0.25) is 4.79 Å². The average molecular weight is 325 g/mol. The highest BCUT2D eigenvalue weighted by Gasteiger charge is 2.70. The highest BCUT2D eigenvalue weighted by molar-refractivity contribution is 5.80. The van der Waals surface area contributed by atoms with E-state index in [1.165, 1.54) is 0 Å². The maximum absolute atomic E-state index is 12.9. The molecular weight excluding hydrogens is 298 g/mol. The Bertz CT molecular complexity index is 513. The van der Waals surface area contributed by atoms with Crippen molar-refractivity contribution in [1.82, 2.24) is 4.90 Å².